The quantitative estimate of drug-likeness (QED) is 0.529. The van der Waals surface area contributed by atoms with Crippen molar-refractivity contribution in [3.63, 3.8) is 0 Å². The third kappa shape index (κ3) is 6.22. The number of anilines is 1. The van der Waals surface area contributed by atoms with Gasteiger partial charge in [-0.05, 0) is 18.2 Å². The van der Waals surface area contributed by atoms with Gasteiger partial charge in [-0.25, -0.2) is 0 Å². The Bertz CT molecular complexity index is 883. The van der Waals surface area contributed by atoms with Crippen LogP contribution >= 0.6 is 15.9 Å². The predicted molar refractivity (Wildman–Crippen MR) is 112 cm³/mol. The molecular weight excluding hydrogens is 438 g/mol. The summed E-state index contributed by atoms with van der Waals surface area (Å²) < 4.78 is 6.00. The summed E-state index contributed by atoms with van der Waals surface area (Å²) in [6.07, 6.45) is 0. The lowest BCUT2D eigenvalue weighted by atomic mass is 10.0. The number of hydrogen-bond donors (Lipinski definition) is 3. The van der Waals surface area contributed by atoms with Gasteiger partial charge in [0.15, 0.2) is 12.3 Å². The Kier molecular flexibility index (Phi) is 7.51. The fourth-order valence-electron chi connectivity index (χ4n) is 3.06. The monoisotopic (exact) mass is 460 g/mol. The highest BCUT2D eigenvalue weighted by molar-refractivity contribution is 9.10. The Hall–Kier alpha value is -2.55. The zero-order valence-electron chi connectivity index (χ0n) is 15.9. The van der Waals surface area contributed by atoms with Crippen LogP contribution < -0.4 is 15.5 Å². The van der Waals surface area contributed by atoms with Gasteiger partial charge in [-0.2, -0.15) is 0 Å². The molecular formula is C21H23BrN3O4+. The summed E-state index contributed by atoms with van der Waals surface area (Å²) in [5.41, 5.74) is 1.31. The van der Waals surface area contributed by atoms with Gasteiger partial charge >= 0.3 is 0 Å². The van der Waals surface area contributed by atoms with Crippen LogP contribution in [0.3, 0.4) is 0 Å². The number of nitrogens with one attached hydrogen (secondary N) is 3. The van der Waals surface area contributed by atoms with Crippen LogP contribution in [-0.4, -0.2) is 57.0 Å². The first kappa shape index (κ1) is 21.2. The van der Waals surface area contributed by atoms with E-state index in [1.807, 2.05) is 6.07 Å². The maximum Gasteiger partial charge on any atom is 0.275 e. The van der Waals surface area contributed by atoms with Crippen LogP contribution in [0.2, 0.25) is 0 Å². The van der Waals surface area contributed by atoms with Gasteiger partial charge in [0.25, 0.3) is 5.91 Å². The number of ketones is 1. The fraction of sp³-hybridized carbons (Fsp3) is 0.286. The zero-order chi connectivity index (χ0) is 20.6. The minimum absolute atomic E-state index is 0.155. The van der Waals surface area contributed by atoms with Crippen LogP contribution in [0.5, 0.6) is 0 Å². The molecule has 0 atom stereocenters. The molecule has 1 heterocycles. The molecule has 7 nitrogen and oxygen atoms in total. The first-order valence-electron chi connectivity index (χ1n) is 9.40. The number of rotatable bonds is 7. The van der Waals surface area contributed by atoms with Crippen molar-refractivity contribution >= 4 is 39.2 Å². The summed E-state index contributed by atoms with van der Waals surface area (Å²) in [6, 6.07) is 13.9. The van der Waals surface area contributed by atoms with E-state index in [0.29, 0.717) is 36.6 Å². The van der Waals surface area contributed by atoms with Crippen LogP contribution in [0.4, 0.5) is 5.69 Å². The number of morpholine rings is 1. The number of carbonyl (C=O) groups is 3. The van der Waals surface area contributed by atoms with Gasteiger partial charge in [-0.3, -0.25) is 14.4 Å². The Morgan fingerprint density at radius 3 is 2.45 bits per heavy atom. The molecule has 1 saturated heterocycles. The third-order valence-corrected chi connectivity index (χ3v) is 5.09. The number of benzene rings is 2. The Morgan fingerprint density at radius 2 is 1.72 bits per heavy atom. The van der Waals surface area contributed by atoms with E-state index in [9.17, 15) is 14.4 Å². The molecule has 1 fully saturated rings. The number of hydrogen-bond acceptors (Lipinski definition) is 4. The number of amides is 2. The maximum atomic E-state index is 12.8. The van der Waals surface area contributed by atoms with Crippen LogP contribution in [0, 0.1) is 0 Å². The highest BCUT2D eigenvalue weighted by Gasteiger charge is 2.19. The summed E-state index contributed by atoms with van der Waals surface area (Å²) in [7, 11) is 0. The molecule has 2 aromatic carbocycles. The molecule has 2 amide bonds. The Balaban J connectivity index is 1.60. The number of quaternary nitrogens is 1. The van der Waals surface area contributed by atoms with Gasteiger partial charge in [-0.15, -0.1) is 0 Å². The number of carbonyl (C=O) groups excluding carboxylic acids is 3. The Labute approximate surface area is 177 Å². The molecule has 3 N–H and O–H groups in total. The van der Waals surface area contributed by atoms with E-state index in [1.54, 1.807) is 42.5 Å². The Morgan fingerprint density at radius 1 is 1.00 bits per heavy atom. The minimum atomic E-state index is -0.389. The van der Waals surface area contributed by atoms with Crippen molar-refractivity contribution in [2.75, 3.05) is 44.7 Å². The van der Waals surface area contributed by atoms with Crippen LogP contribution in [0.1, 0.15) is 15.9 Å². The molecule has 0 radical (unpaired) electrons. The van der Waals surface area contributed by atoms with Gasteiger partial charge < -0.3 is 20.3 Å². The van der Waals surface area contributed by atoms with Crippen molar-refractivity contribution in [2.45, 2.75) is 0 Å². The van der Waals surface area contributed by atoms with Crippen molar-refractivity contribution in [2.24, 2.45) is 0 Å². The lowest BCUT2D eigenvalue weighted by Gasteiger charge is -2.23. The second-order valence-corrected chi connectivity index (χ2v) is 7.66. The highest BCUT2D eigenvalue weighted by atomic mass is 79.9. The van der Waals surface area contributed by atoms with Gasteiger partial charge in [0, 0.05) is 15.6 Å². The summed E-state index contributed by atoms with van der Waals surface area (Å²) in [5, 5.41) is 5.36. The minimum Gasteiger partial charge on any atom is -0.370 e. The van der Waals surface area contributed by atoms with Gasteiger partial charge in [0.05, 0.1) is 25.4 Å². The highest BCUT2D eigenvalue weighted by Crippen LogP contribution is 2.24. The lowest BCUT2D eigenvalue weighted by molar-refractivity contribution is -0.900. The molecule has 0 spiro atoms. The average Bonchev–Trinajstić information content (AvgIpc) is 2.74. The van der Waals surface area contributed by atoms with E-state index in [2.05, 4.69) is 26.6 Å². The van der Waals surface area contributed by atoms with E-state index in [1.165, 1.54) is 0 Å². The molecule has 1 aliphatic heterocycles. The number of ether oxygens (including phenoxy) is 1. The van der Waals surface area contributed by atoms with E-state index in [0.717, 1.165) is 22.5 Å². The summed E-state index contributed by atoms with van der Waals surface area (Å²) in [4.78, 5) is 38.4. The largest absolute Gasteiger partial charge is 0.370 e. The summed E-state index contributed by atoms with van der Waals surface area (Å²) in [5.74, 6) is -0.768. The van der Waals surface area contributed by atoms with E-state index < -0.39 is 0 Å². The molecule has 8 heteroatoms. The van der Waals surface area contributed by atoms with Crippen LogP contribution in [0.25, 0.3) is 0 Å². The SMILES string of the molecule is O=C(C[NH+]1CCOCC1)NCC(=O)Nc1ccc(Br)cc1C(=O)c1ccccc1. The average molecular weight is 461 g/mol. The molecule has 0 aromatic heterocycles. The molecule has 2 aromatic rings. The van der Waals surface area contributed by atoms with Gasteiger partial charge in [0.2, 0.25) is 5.91 Å². The predicted octanol–water partition coefficient (Wildman–Crippen LogP) is 0.650. The molecule has 3 rings (SSSR count). The van der Waals surface area contributed by atoms with Crippen molar-refractivity contribution in [3.05, 3.63) is 64.1 Å². The topological polar surface area (TPSA) is 88.9 Å². The molecule has 0 unspecified atom stereocenters. The smallest absolute Gasteiger partial charge is 0.275 e. The van der Waals surface area contributed by atoms with Gasteiger partial charge in [-0.1, -0.05) is 46.3 Å². The molecule has 29 heavy (non-hydrogen) atoms. The summed E-state index contributed by atoms with van der Waals surface area (Å²) in [6.45, 7) is 3.01. The molecule has 152 valence electrons. The first-order chi connectivity index (χ1) is 14.0. The molecule has 1 aliphatic rings. The number of halogens is 1. The third-order valence-electron chi connectivity index (χ3n) is 4.59. The molecule has 0 aliphatic carbocycles. The zero-order valence-corrected chi connectivity index (χ0v) is 17.5. The van der Waals surface area contributed by atoms with Crippen molar-refractivity contribution in [3.8, 4) is 0 Å². The van der Waals surface area contributed by atoms with E-state index in [-0.39, 0.29) is 24.1 Å². The molecule has 0 bridgehead atoms. The first-order valence-corrected chi connectivity index (χ1v) is 10.2. The van der Waals surface area contributed by atoms with E-state index in [4.69, 9.17) is 4.74 Å². The molecule has 0 saturated carbocycles. The summed E-state index contributed by atoms with van der Waals surface area (Å²) >= 11 is 3.37. The van der Waals surface area contributed by atoms with Gasteiger partial charge in [0.1, 0.15) is 13.1 Å². The van der Waals surface area contributed by atoms with Crippen molar-refractivity contribution < 1.29 is 24.0 Å². The normalized spacial score (nSPS) is 14.2. The van der Waals surface area contributed by atoms with Crippen LogP contribution in [0.15, 0.2) is 53.0 Å². The standard InChI is InChI=1S/C21H22BrN3O4/c22-16-6-7-18(17(12-16)21(28)15-4-2-1-3-5-15)24-19(26)13-23-20(27)14-25-8-10-29-11-9-25/h1-7,12H,8-11,13-14H2,(H,23,27)(H,24,26)/p+1. The maximum absolute atomic E-state index is 12.8. The van der Waals surface area contributed by atoms with Crippen molar-refractivity contribution in [1.29, 1.82) is 0 Å². The second-order valence-electron chi connectivity index (χ2n) is 6.75. The second kappa shape index (κ2) is 10.3. The fourth-order valence-corrected chi connectivity index (χ4v) is 3.42. The van der Waals surface area contributed by atoms with Crippen LogP contribution in [-0.2, 0) is 14.3 Å². The van der Waals surface area contributed by atoms with Crippen molar-refractivity contribution in [1.82, 2.24) is 5.32 Å². The van der Waals surface area contributed by atoms with E-state index >= 15 is 0 Å². The lowest BCUT2D eigenvalue weighted by Crippen LogP contribution is -3.15.